The van der Waals surface area contributed by atoms with E-state index < -0.39 is 0 Å². The quantitative estimate of drug-likeness (QED) is 0.315. The smallest absolute Gasteiger partial charge is 0.262 e. The molecule has 0 saturated heterocycles. The predicted molar refractivity (Wildman–Crippen MR) is 123 cm³/mol. The van der Waals surface area contributed by atoms with Gasteiger partial charge in [0.1, 0.15) is 0 Å². The molecular formula is C24H21ClN2O2S. The fraction of sp³-hybridized carbons (Fsp3) is 0.167. The Kier molecular flexibility index (Phi) is 6.53. The highest BCUT2D eigenvalue weighted by Crippen LogP contribution is 2.40. The highest BCUT2D eigenvalue weighted by atomic mass is 35.5. The molecule has 1 aromatic heterocycles. The molecule has 6 heteroatoms. The van der Waals surface area contributed by atoms with E-state index in [4.69, 9.17) is 16.6 Å². The first kappa shape index (κ1) is 20.7. The molecule has 1 heterocycles. The largest absolute Gasteiger partial charge is 0.396 e. The molecule has 1 N–H and O–H groups in total. The van der Waals surface area contributed by atoms with E-state index in [-0.39, 0.29) is 17.4 Å². The summed E-state index contributed by atoms with van der Waals surface area (Å²) in [5.41, 5.74) is 2.78. The summed E-state index contributed by atoms with van der Waals surface area (Å²) in [6, 6.07) is 25.3. The van der Waals surface area contributed by atoms with E-state index >= 15 is 0 Å². The molecule has 1 atom stereocenters. The minimum absolute atomic E-state index is 0.0165. The topological polar surface area (TPSA) is 55.1 Å². The number of para-hydroxylation sites is 1. The van der Waals surface area contributed by atoms with Crippen LogP contribution in [0.3, 0.4) is 0 Å². The van der Waals surface area contributed by atoms with Crippen LogP contribution in [-0.4, -0.2) is 21.3 Å². The Morgan fingerprint density at radius 3 is 2.33 bits per heavy atom. The van der Waals surface area contributed by atoms with E-state index in [2.05, 4.69) is 12.1 Å². The molecule has 0 aliphatic carbocycles. The number of hydrogen-bond donors (Lipinski definition) is 1. The van der Waals surface area contributed by atoms with Crippen LogP contribution in [0.15, 0.2) is 88.8 Å². The van der Waals surface area contributed by atoms with Gasteiger partial charge in [0.25, 0.3) is 5.56 Å². The Balaban J connectivity index is 1.84. The molecule has 0 radical (unpaired) electrons. The normalized spacial score (nSPS) is 12.2. The number of aliphatic hydroxyl groups excluding tert-OH is 1. The van der Waals surface area contributed by atoms with Gasteiger partial charge in [0.15, 0.2) is 5.16 Å². The fourth-order valence-electron chi connectivity index (χ4n) is 3.36. The molecule has 0 amide bonds. The molecule has 0 fully saturated rings. The fourth-order valence-corrected chi connectivity index (χ4v) is 4.74. The van der Waals surface area contributed by atoms with Crippen molar-refractivity contribution in [3.8, 4) is 0 Å². The first-order valence-corrected chi connectivity index (χ1v) is 11.0. The van der Waals surface area contributed by atoms with Crippen molar-refractivity contribution in [1.29, 1.82) is 0 Å². The molecule has 30 heavy (non-hydrogen) atoms. The number of halogens is 1. The first-order chi connectivity index (χ1) is 14.7. The average Bonchev–Trinajstić information content (AvgIpc) is 2.78. The van der Waals surface area contributed by atoms with E-state index in [0.29, 0.717) is 34.0 Å². The van der Waals surface area contributed by atoms with Gasteiger partial charge in [-0.15, -0.1) is 0 Å². The van der Waals surface area contributed by atoms with Gasteiger partial charge in [-0.25, -0.2) is 4.98 Å². The van der Waals surface area contributed by atoms with Gasteiger partial charge < -0.3 is 5.11 Å². The summed E-state index contributed by atoms with van der Waals surface area (Å²) < 4.78 is 1.68. The van der Waals surface area contributed by atoms with Gasteiger partial charge in [-0.2, -0.15) is 0 Å². The lowest BCUT2D eigenvalue weighted by molar-refractivity contribution is 0.276. The second kappa shape index (κ2) is 9.47. The van der Waals surface area contributed by atoms with Gasteiger partial charge in [-0.1, -0.05) is 78.0 Å². The Bertz CT molecular complexity index is 1190. The van der Waals surface area contributed by atoms with E-state index in [1.54, 1.807) is 10.6 Å². The maximum atomic E-state index is 13.2. The third-order valence-corrected chi connectivity index (χ3v) is 6.42. The molecule has 4 rings (SSSR count). The van der Waals surface area contributed by atoms with Crippen LogP contribution in [0, 0.1) is 0 Å². The number of nitrogens with zero attached hydrogens (tertiary/aromatic N) is 2. The second-order valence-electron chi connectivity index (χ2n) is 6.91. The molecule has 1 unspecified atom stereocenters. The lowest BCUT2D eigenvalue weighted by atomic mass is 10.0. The summed E-state index contributed by atoms with van der Waals surface area (Å²) in [4.78, 5) is 18.0. The highest BCUT2D eigenvalue weighted by Gasteiger charge is 2.20. The average molecular weight is 437 g/mol. The number of benzene rings is 3. The molecule has 0 aliphatic rings. The van der Waals surface area contributed by atoms with Gasteiger partial charge in [-0.05, 0) is 41.8 Å². The molecule has 4 aromatic rings. The number of aromatic nitrogens is 2. The van der Waals surface area contributed by atoms with Crippen molar-refractivity contribution in [3.05, 3.63) is 105 Å². The molecular weight excluding hydrogens is 416 g/mol. The van der Waals surface area contributed by atoms with Gasteiger partial charge in [0.05, 0.1) is 16.2 Å². The zero-order chi connectivity index (χ0) is 20.9. The zero-order valence-corrected chi connectivity index (χ0v) is 17.8. The Morgan fingerprint density at radius 1 is 0.933 bits per heavy atom. The molecule has 4 nitrogen and oxygen atoms in total. The van der Waals surface area contributed by atoms with Crippen LogP contribution in [0.1, 0.15) is 22.8 Å². The van der Waals surface area contributed by atoms with Crippen molar-refractivity contribution in [2.45, 2.75) is 23.4 Å². The maximum absolute atomic E-state index is 13.2. The lowest BCUT2D eigenvalue weighted by Gasteiger charge is -2.20. The zero-order valence-electron chi connectivity index (χ0n) is 16.2. The van der Waals surface area contributed by atoms with E-state index in [0.717, 1.165) is 11.1 Å². The number of hydrogen-bond acceptors (Lipinski definition) is 4. The molecule has 0 spiro atoms. The monoisotopic (exact) mass is 436 g/mol. The SMILES string of the molecule is O=c1c2ccccc2nc(SC(c2ccccc2)c2ccc(Cl)cc2)n1CCCO. The number of rotatable bonds is 7. The van der Waals surface area contributed by atoms with Crippen molar-refractivity contribution in [2.75, 3.05) is 6.61 Å². The summed E-state index contributed by atoms with van der Waals surface area (Å²) in [6.45, 7) is 0.431. The third-order valence-electron chi connectivity index (χ3n) is 4.86. The maximum Gasteiger partial charge on any atom is 0.262 e. The van der Waals surface area contributed by atoms with Crippen molar-refractivity contribution >= 4 is 34.3 Å². The molecule has 0 saturated carbocycles. The Morgan fingerprint density at radius 2 is 1.60 bits per heavy atom. The first-order valence-electron chi connectivity index (χ1n) is 9.75. The Hall–Kier alpha value is -2.60. The van der Waals surface area contributed by atoms with Crippen LogP contribution < -0.4 is 5.56 Å². The van der Waals surface area contributed by atoms with E-state index in [1.807, 2.05) is 60.7 Å². The second-order valence-corrected chi connectivity index (χ2v) is 8.41. The highest BCUT2D eigenvalue weighted by molar-refractivity contribution is 7.99. The standard InChI is InChI=1S/C24H21ClN2O2S/c25-19-13-11-18(12-14-19)22(17-7-2-1-3-8-17)30-24-26-21-10-5-4-9-20(21)23(29)27(24)15-6-16-28/h1-5,7-14,22,28H,6,15-16H2. The summed E-state index contributed by atoms with van der Waals surface area (Å²) in [5, 5.41) is 11.2. The van der Waals surface area contributed by atoms with Gasteiger partial charge in [0, 0.05) is 18.2 Å². The lowest BCUT2D eigenvalue weighted by Crippen LogP contribution is -2.24. The van der Waals surface area contributed by atoms with Gasteiger partial charge in [0.2, 0.25) is 0 Å². The summed E-state index contributed by atoms with van der Waals surface area (Å²) >= 11 is 7.64. The molecule has 0 bridgehead atoms. The third kappa shape index (κ3) is 4.43. The van der Waals surface area contributed by atoms with Crippen LogP contribution >= 0.6 is 23.4 Å². The number of thioether (sulfide) groups is 1. The van der Waals surface area contributed by atoms with Crippen molar-refractivity contribution in [1.82, 2.24) is 9.55 Å². The van der Waals surface area contributed by atoms with Crippen molar-refractivity contribution in [3.63, 3.8) is 0 Å². The number of aliphatic hydroxyl groups is 1. The van der Waals surface area contributed by atoms with Crippen molar-refractivity contribution < 1.29 is 5.11 Å². The van der Waals surface area contributed by atoms with Crippen molar-refractivity contribution in [2.24, 2.45) is 0 Å². The Labute approximate surface area is 184 Å². The van der Waals surface area contributed by atoms with Crippen LogP contribution in [0.2, 0.25) is 5.02 Å². The van der Waals surface area contributed by atoms with Crippen LogP contribution in [0.25, 0.3) is 10.9 Å². The molecule has 152 valence electrons. The minimum Gasteiger partial charge on any atom is -0.396 e. The van der Waals surface area contributed by atoms with Crippen LogP contribution in [0.4, 0.5) is 0 Å². The van der Waals surface area contributed by atoms with Crippen LogP contribution in [-0.2, 0) is 6.54 Å². The van der Waals surface area contributed by atoms with Gasteiger partial charge >= 0.3 is 0 Å². The summed E-state index contributed by atoms with van der Waals surface area (Å²) in [7, 11) is 0. The molecule has 3 aromatic carbocycles. The number of fused-ring (bicyclic) bond motifs is 1. The van der Waals surface area contributed by atoms with E-state index in [9.17, 15) is 9.90 Å². The molecule has 0 aliphatic heterocycles. The van der Waals surface area contributed by atoms with E-state index in [1.165, 1.54) is 11.8 Å². The van der Waals surface area contributed by atoms with Crippen LogP contribution in [0.5, 0.6) is 0 Å². The predicted octanol–water partition coefficient (Wildman–Crippen LogP) is 5.31. The summed E-state index contributed by atoms with van der Waals surface area (Å²) in [6.07, 6.45) is 0.491. The van der Waals surface area contributed by atoms with Gasteiger partial charge in [-0.3, -0.25) is 9.36 Å². The minimum atomic E-state index is -0.0838. The summed E-state index contributed by atoms with van der Waals surface area (Å²) in [5.74, 6) is 0.